The lowest BCUT2D eigenvalue weighted by Crippen LogP contribution is -2.43. The van der Waals surface area contributed by atoms with E-state index in [0.29, 0.717) is 19.8 Å². The molecule has 1 rings (SSSR count). The Morgan fingerprint density at radius 3 is 2.41 bits per heavy atom. The van der Waals surface area contributed by atoms with Gasteiger partial charge < -0.3 is 9.47 Å². The van der Waals surface area contributed by atoms with Gasteiger partial charge in [0, 0.05) is 17.8 Å². The normalized spacial score (nSPS) is 15.1. The highest BCUT2D eigenvalue weighted by Crippen LogP contribution is 2.36. The number of rotatable bonds is 9. The molecule has 0 saturated carbocycles. The van der Waals surface area contributed by atoms with Crippen LogP contribution in [0.1, 0.15) is 26.3 Å². The van der Waals surface area contributed by atoms with Crippen molar-refractivity contribution < 1.29 is 18.7 Å². The molecule has 0 heterocycles. The van der Waals surface area contributed by atoms with E-state index >= 15 is 0 Å². The molecule has 2 unspecified atom stereocenters. The molecule has 124 valence electrons. The lowest BCUT2D eigenvalue weighted by Gasteiger charge is -2.36. The summed E-state index contributed by atoms with van der Waals surface area (Å²) in [5.74, 6) is -0.260. The molecule has 0 saturated heterocycles. The van der Waals surface area contributed by atoms with Crippen LogP contribution in [0, 0.1) is 11.7 Å². The Labute approximate surface area is 136 Å². The van der Waals surface area contributed by atoms with Gasteiger partial charge >= 0.3 is 5.97 Å². The van der Waals surface area contributed by atoms with Crippen molar-refractivity contribution in [3.63, 3.8) is 0 Å². The van der Waals surface area contributed by atoms with Crippen LogP contribution in [0.15, 0.2) is 24.3 Å². The third kappa shape index (κ3) is 4.71. The summed E-state index contributed by atoms with van der Waals surface area (Å²) in [5.41, 5.74) is 0.440. The Balaban J connectivity index is 3.19. The number of esters is 1. The molecule has 5 heteroatoms. The van der Waals surface area contributed by atoms with Crippen LogP contribution < -0.4 is 0 Å². The van der Waals surface area contributed by atoms with Crippen molar-refractivity contribution in [1.82, 2.24) is 0 Å². The Hall–Kier alpha value is -1.07. The van der Waals surface area contributed by atoms with E-state index in [1.807, 2.05) is 20.1 Å². The minimum absolute atomic E-state index is 0.267. The van der Waals surface area contributed by atoms with Crippen molar-refractivity contribution in [3.8, 4) is 0 Å². The molecule has 0 N–H and O–H groups in total. The van der Waals surface area contributed by atoms with E-state index in [1.165, 1.54) is 12.1 Å². The number of carbonyl (C=O) groups excluding carboxylic acids is 1. The molecule has 0 aliphatic carbocycles. The molecule has 0 aliphatic heterocycles. The van der Waals surface area contributed by atoms with Crippen molar-refractivity contribution in [2.45, 2.75) is 26.2 Å². The van der Waals surface area contributed by atoms with Crippen molar-refractivity contribution in [2.75, 3.05) is 31.8 Å². The van der Waals surface area contributed by atoms with Gasteiger partial charge in [0.15, 0.2) is 0 Å². The Morgan fingerprint density at radius 1 is 1.27 bits per heavy atom. The molecule has 0 amide bonds. The number of hydrogen-bond acceptors (Lipinski definition) is 4. The van der Waals surface area contributed by atoms with E-state index in [9.17, 15) is 9.18 Å². The maximum absolute atomic E-state index is 13.2. The molecule has 3 nitrogen and oxygen atoms in total. The second-order valence-corrected chi connectivity index (χ2v) is 6.19. The summed E-state index contributed by atoms with van der Waals surface area (Å²) < 4.78 is 24.0. The fourth-order valence-corrected chi connectivity index (χ4v) is 3.47. The van der Waals surface area contributed by atoms with Gasteiger partial charge in [0.25, 0.3) is 0 Å². The molecule has 0 radical (unpaired) electrons. The van der Waals surface area contributed by atoms with Crippen molar-refractivity contribution in [2.24, 2.45) is 5.92 Å². The van der Waals surface area contributed by atoms with Crippen molar-refractivity contribution in [1.29, 1.82) is 0 Å². The van der Waals surface area contributed by atoms with Gasteiger partial charge in [0.05, 0.1) is 19.1 Å². The Morgan fingerprint density at radius 2 is 1.91 bits per heavy atom. The SMILES string of the molecule is CCOCC(C(=O)OCC)C(C)(CSC)c1ccc(F)cc1. The zero-order chi connectivity index (χ0) is 16.6. The number of thioether (sulfide) groups is 1. The highest BCUT2D eigenvalue weighted by molar-refractivity contribution is 7.98. The summed E-state index contributed by atoms with van der Waals surface area (Å²) in [6.45, 7) is 6.86. The van der Waals surface area contributed by atoms with E-state index in [1.54, 1.807) is 30.8 Å². The number of halogens is 1. The zero-order valence-electron chi connectivity index (χ0n) is 13.7. The average Bonchev–Trinajstić information content (AvgIpc) is 2.48. The van der Waals surface area contributed by atoms with Crippen LogP contribution in [0.3, 0.4) is 0 Å². The molecule has 0 spiro atoms. The van der Waals surface area contributed by atoms with Crippen LogP contribution in [0.5, 0.6) is 0 Å². The first kappa shape index (κ1) is 19.0. The quantitative estimate of drug-likeness (QED) is 0.648. The van der Waals surface area contributed by atoms with Crippen LogP contribution in [0.2, 0.25) is 0 Å². The van der Waals surface area contributed by atoms with E-state index in [0.717, 1.165) is 11.3 Å². The molecule has 22 heavy (non-hydrogen) atoms. The van der Waals surface area contributed by atoms with Gasteiger partial charge in [-0.15, -0.1) is 0 Å². The first-order chi connectivity index (χ1) is 10.5. The fraction of sp³-hybridized carbons (Fsp3) is 0.588. The number of benzene rings is 1. The number of ether oxygens (including phenoxy) is 2. The maximum Gasteiger partial charge on any atom is 0.312 e. The van der Waals surface area contributed by atoms with E-state index in [-0.39, 0.29) is 11.8 Å². The number of hydrogen-bond donors (Lipinski definition) is 0. The average molecular weight is 328 g/mol. The smallest absolute Gasteiger partial charge is 0.312 e. The van der Waals surface area contributed by atoms with E-state index < -0.39 is 11.3 Å². The lowest BCUT2D eigenvalue weighted by molar-refractivity contribution is -0.152. The van der Waals surface area contributed by atoms with Crippen LogP contribution in [0.25, 0.3) is 0 Å². The minimum atomic E-state index is -0.478. The second kappa shape index (κ2) is 9.16. The summed E-state index contributed by atoms with van der Waals surface area (Å²) in [6.07, 6.45) is 1.99. The summed E-state index contributed by atoms with van der Waals surface area (Å²) in [5, 5.41) is 0. The van der Waals surface area contributed by atoms with Gasteiger partial charge in [-0.05, 0) is 37.8 Å². The molecular formula is C17H25FO3S. The van der Waals surface area contributed by atoms with Crippen LogP contribution >= 0.6 is 11.8 Å². The van der Waals surface area contributed by atoms with Crippen LogP contribution in [-0.2, 0) is 19.7 Å². The summed E-state index contributed by atoms with van der Waals surface area (Å²) >= 11 is 1.65. The van der Waals surface area contributed by atoms with E-state index in [2.05, 4.69) is 0 Å². The second-order valence-electron chi connectivity index (χ2n) is 5.32. The summed E-state index contributed by atoms with van der Waals surface area (Å²) in [7, 11) is 0. The zero-order valence-corrected chi connectivity index (χ0v) is 14.5. The van der Waals surface area contributed by atoms with Gasteiger partial charge in [-0.3, -0.25) is 4.79 Å². The number of carbonyl (C=O) groups is 1. The summed E-state index contributed by atoms with van der Waals surface area (Å²) in [6, 6.07) is 6.33. The third-order valence-electron chi connectivity index (χ3n) is 3.78. The van der Waals surface area contributed by atoms with Gasteiger partial charge in [0.2, 0.25) is 0 Å². The largest absolute Gasteiger partial charge is 0.466 e. The van der Waals surface area contributed by atoms with Crippen molar-refractivity contribution >= 4 is 17.7 Å². The molecule has 1 aromatic carbocycles. The molecular weight excluding hydrogens is 303 g/mol. The molecule has 0 fully saturated rings. The van der Waals surface area contributed by atoms with Crippen molar-refractivity contribution in [3.05, 3.63) is 35.6 Å². The third-order valence-corrected chi connectivity index (χ3v) is 4.67. The monoisotopic (exact) mass is 328 g/mol. The molecule has 1 aromatic rings. The topological polar surface area (TPSA) is 35.5 Å². The molecule has 0 aromatic heterocycles. The van der Waals surface area contributed by atoms with Crippen LogP contribution in [0.4, 0.5) is 4.39 Å². The van der Waals surface area contributed by atoms with Gasteiger partial charge in [0.1, 0.15) is 5.82 Å². The highest BCUT2D eigenvalue weighted by atomic mass is 32.2. The van der Waals surface area contributed by atoms with E-state index in [4.69, 9.17) is 9.47 Å². The van der Waals surface area contributed by atoms with Gasteiger partial charge in [-0.1, -0.05) is 19.1 Å². The fourth-order valence-electron chi connectivity index (χ4n) is 2.51. The predicted octanol–water partition coefficient (Wildman–Crippen LogP) is 3.66. The standard InChI is InChI=1S/C17H25FO3S/c1-5-20-11-15(16(19)21-6-2)17(3,12-22-4)13-7-9-14(18)10-8-13/h7-10,15H,5-6,11-12H2,1-4H3. The summed E-state index contributed by atoms with van der Waals surface area (Å²) in [4.78, 5) is 12.4. The first-order valence-corrected chi connectivity index (χ1v) is 8.88. The Kier molecular flexibility index (Phi) is 7.90. The van der Waals surface area contributed by atoms with Crippen LogP contribution in [-0.4, -0.2) is 37.8 Å². The van der Waals surface area contributed by atoms with Gasteiger partial charge in [-0.25, -0.2) is 4.39 Å². The lowest BCUT2D eigenvalue weighted by atomic mass is 9.73. The molecule has 0 aliphatic rings. The maximum atomic E-state index is 13.2. The Bertz CT molecular complexity index is 463. The first-order valence-electron chi connectivity index (χ1n) is 7.48. The minimum Gasteiger partial charge on any atom is -0.466 e. The predicted molar refractivity (Wildman–Crippen MR) is 88.8 cm³/mol. The molecule has 0 bridgehead atoms. The molecule has 2 atom stereocenters. The highest BCUT2D eigenvalue weighted by Gasteiger charge is 2.41. The van der Waals surface area contributed by atoms with Gasteiger partial charge in [-0.2, -0.15) is 11.8 Å².